The van der Waals surface area contributed by atoms with Gasteiger partial charge in [-0.1, -0.05) is 12.1 Å². The van der Waals surface area contributed by atoms with E-state index in [0.29, 0.717) is 0 Å². The molecule has 0 unspecified atom stereocenters. The molecule has 0 bridgehead atoms. The highest BCUT2D eigenvalue weighted by Gasteiger charge is 2.24. The largest absolute Gasteiger partial charge is 0.390 e. The zero-order valence-electron chi connectivity index (χ0n) is 12.2. The number of anilines is 1. The molecule has 2 N–H and O–H groups in total. The average Bonchev–Trinajstić information content (AvgIpc) is 3.02. The van der Waals surface area contributed by atoms with Gasteiger partial charge in [0.05, 0.1) is 21.6 Å². The number of hydrogen-bond acceptors (Lipinski definition) is 3. The molecule has 0 fully saturated rings. The number of nitrogen functional groups attached to an aromatic ring is 1. The van der Waals surface area contributed by atoms with Crippen LogP contribution < -0.4 is 5.73 Å². The summed E-state index contributed by atoms with van der Waals surface area (Å²) in [6.45, 7) is 3.09. The van der Waals surface area contributed by atoms with Crippen molar-refractivity contribution in [1.29, 1.82) is 0 Å². The second kappa shape index (κ2) is 4.88. The fraction of sp³-hybridized carbons (Fsp3) is 0.353. The summed E-state index contributed by atoms with van der Waals surface area (Å²) in [7, 11) is 0. The van der Waals surface area contributed by atoms with E-state index in [-0.39, 0.29) is 0 Å². The average molecular weight is 297 g/mol. The van der Waals surface area contributed by atoms with Crippen molar-refractivity contribution in [1.82, 2.24) is 9.55 Å². The molecule has 0 saturated heterocycles. The molecule has 2 heterocycles. The van der Waals surface area contributed by atoms with Gasteiger partial charge in [0, 0.05) is 11.4 Å². The molecule has 3 aromatic rings. The van der Waals surface area contributed by atoms with Gasteiger partial charge in [0.2, 0.25) is 0 Å². The first-order chi connectivity index (χ1) is 10.3. The fourth-order valence-electron chi connectivity index (χ4n) is 3.42. The van der Waals surface area contributed by atoms with E-state index in [1.807, 2.05) is 6.07 Å². The van der Waals surface area contributed by atoms with E-state index in [9.17, 15) is 0 Å². The second-order valence-corrected chi connectivity index (χ2v) is 6.76. The summed E-state index contributed by atoms with van der Waals surface area (Å²) in [5.41, 5.74) is 11.3. The van der Waals surface area contributed by atoms with Crippen LogP contribution in [0.25, 0.3) is 22.4 Å². The van der Waals surface area contributed by atoms with E-state index in [2.05, 4.69) is 29.7 Å². The summed E-state index contributed by atoms with van der Waals surface area (Å²) in [6, 6.07) is 8.35. The van der Waals surface area contributed by atoms with Gasteiger partial charge in [0.15, 0.2) is 0 Å². The molecule has 3 nitrogen and oxygen atoms in total. The molecule has 0 radical (unpaired) electrons. The number of fused-ring (bicyclic) bond motifs is 2. The van der Waals surface area contributed by atoms with Crippen molar-refractivity contribution in [2.45, 2.75) is 39.2 Å². The highest BCUT2D eigenvalue weighted by Crippen LogP contribution is 2.42. The Morgan fingerprint density at radius 3 is 2.90 bits per heavy atom. The Kier molecular flexibility index (Phi) is 3.00. The van der Waals surface area contributed by atoms with Crippen LogP contribution in [0.4, 0.5) is 5.00 Å². The maximum absolute atomic E-state index is 6.36. The second-order valence-electron chi connectivity index (χ2n) is 5.62. The Morgan fingerprint density at radius 1 is 1.24 bits per heavy atom. The fourth-order valence-corrected chi connectivity index (χ4v) is 4.57. The molecular formula is C17H19N3S. The van der Waals surface area contributed by atoms with Gasteiger partial charge in [0.1, 0.15) is 5.82 Å². The predicted molar refractivity (Wildman–Crippen MR) is 89.8 cm³/mol. The molecule has 0 aliphatic heterocycles. The van der Waals surface area contributed by atoms with Crippen molar-refractivity contribution in [2.75, 3.05) is 5.73 Å². The first-order valence-electron chi connectivity index (χ1n) is 7.65. The van der Waals surface area contributed by atoms with E-state index in [1.165, 1.54) is 40.8 Å². The molecule has 0 atom stereocenters. The summed E-state index contributed by atoms with van der Waals surface area (Å²) in [5.74, 6) is 1.05. The number of para-hydroxylation sites is 2. The zero-order chi connectivity index (χ0) is 14.4. The first kappa shape index (κ1) is 12.9. The van der Waals surface area contributed by atoms with Crippen LogP contribution >= 0.6 is 11.3 Å². The van der Waals surface area contributed by atoms with Gasteiger partial charge < -0.3 is 10.3 Å². The summed E-state index contributed by atoms with van der Waals surface area (Å²) < 4.78 is 2.29. The van der Waals surface area contributed by atoms with Crippen molar-refractivity contribution in [3.63, 3.8) is 0 Å². The number of nitrogens with two attached hydrogens (primary N) is 1. The molecule has 108 valence electrons. The molecular weight excluding hydrogens is 278 g/mol. The Morgan fingerprint density at radius 2 is 2.05 bits per heavy atom. The van der Waals surface area contributed by atoms with Gasteiger partial charge in [-0.05, 0) is 50.3 Å². The normalized spacial score (nSPS) is 14.5. The summed E-state index contributed by atoms with van der Waals surface area (Å²) in [6.07, 6.45) is 4.88. The maximum atomic E-state index is 6.36. The van der Waals surface area contributed by atoms with Crippen LogP contribution in [-0.2, 0) is 19.4 Å². The molecule has 4 rings (SSSR count). The van der Waals surface area contributed by atoms with Crippen LogP contribution in [0, 0.1) is 0 Å². The molecule has 1 aliphatic carbocycles. The van der Waals surface area contributed by atoms with E-state index >= 15 is 0 Å². The van der Waals surface area contributed by atoms with E-state index < -0.39 is 0 Å². The third-order valence-corrected chi connectivity index (χ3v) is 5.51. The van der Waals surface area contributed by atoms with Crippen LogP contribution in [0.1, 0.15) is 30.2 Å². The topological polar surface area (TPSA) is 43.8 Å². The Balaban J connectivity index is 2.00. The number of aromatic nitrogens is 2. The third kappa shape index (κ3) is 1.89. The Bertz CT molecular complexity index is 813. The lowest BCUT2D eigenvalue weighted by Crippen LogP contribution is -2.03. The van der Waals surface area contributed by atoms with Crippen LogP contribution in [0.3, 0.4) is 0 Å². The van der Waals surface area contributed by atoms with Crippen LogP contribution in [0.15, 0.2) is 24.3 Å². The highest BCUT2D eigenvalue weighted by atomic mass is 32.1. The predicted octanol–water partition coefficient (Wildman–Crippen LogP) is 4.25. The quantitative estimate of drug-likeness (QED) is 0.768. The van der Waals surface area contributed by atoms with Gasteiger partial charge in [-0.3, -0.25) is 0 Å². The van der Waals surface area contributed by atoms with Crippen LogP contribution in [0.2, 0.25) is 0 Å². The summed E-state index contributed by atoms with van der Waals surface area (Å²) >= 11 is 1.77. The van der Waals surface area contributed by atoms with Gasteiger partial charge in [-0.25, -0.2) is 4.98 Å². The molecule has 21 heavy (non-hydrogen) atoms. The van der Waals surface area contributed by atoms with Gasteiger partial charge in [-0.2, -0.15) is 0 Å². The number of rotatable bonds is 2. The van der Waals surface area contributed by atoms with E-state index in [1.54, 1.807) is 11.3 Å². The van der Waals surface area contributed by atoms with Crippen molar-refractivity contribution in [3.05, 3.63) is 34.7 Å². The number of hydrogen-bond donors (Lipinski definition) is 1. The van der Waals surface area contributed by atoms with Crippen LogP contribution in [-0.4, -0.2) is 9.55 Å². The smallest absolute Gasteiger partial charge is 0.144 e. The number of benzene rings is 1. The van der Waals surface area contributed by atoms with Gasteiger partial charge >= 0.3 is 0 Å². The Hall–Kier alpha value is -1.81. The number of imidazole rings is 1. The highest BCUT2D eigenvalue weighted by molar-refractivity contribution is 7.16. The standard InChI is InChI=1S/C17H19N3S/c1-2-20-13-9-5-4-8-12(13)19-17(20)15-11-7-3-6-10-14(11)21-16(15)18/h4-5,8-9H,2-3,6-7,10,18H2,1H3. The molecule has 0 amide bonds. The third-order valence-electron chi connectivity index (χ3n) is 4.39. The van der Waals surface area contributed by atoms with Gasteiger partial charge in [-0.15, -0.1) is 11.3 Å². The summed E-state index contributed by atoms with van der Waals surface area (Å²) in [5, 5.41) is 0.937. The lowest BCUT2D eigenvalue weighted by atomic mass is 9.95. The lowest BCUT2D eigenvalue weighted by molar-refractivity contribution is 0.696. The van der Waals surface area contributed by atoms with E-state index in [0.717, 1.165) is 29.3 Å². The van der Waals surface area contributed by atoms with Gasteiger partial charge in [0.25, 0.3) is 0 Å². The molecule has 4 heteroatoms. The van der Waals surface area contributed by atoms with Crippen molar-refractivity contribution >= 4 is 27.4 Å². The number of nitrogens with zero attached hydrogens (tertiary/aromatic N) is 2. The SMILES string of the molecule is CCn1c(-c2c(N)sc3c2CCCC3)nc2ccccc21. The zero-order valence-corrected chi connectivity index (χ0v) is 13.0. The first-order valence-corrected chi connectivity index (χ1v) is 8.47. The Labute approximate surface area is 128 Å². The monoisotopic (exact) mass is 297 g/mol. The lowest BCUT2D eigenvalue weighted by Gasteiger charge is -2.13. The minimum Gasteiger partial charge on any atom is -0.390 e. The van der Waals surface area contributed by atoms with E-state index in [4.69, 9.17) is 10.7 Å². The van der Waals surface area contributed by atoms with Crippen LogP contribution in [0.5, 0.6) is 0 Å². The molecule has 0 spiro atoms. The molecule has 0 saturated carbocycles. The molecule has 1 aliphatic rings. The number of thiophene rings is 1. The minimum atomic E-state index is 0.917. The molecule has 1 aromatic carbocycles. The van der Waals surface area contributed by atoms with Crippen molar-refractivity contribution in [2.24, 2.45) is 0 Å². The minimum absolute atomic E-state index is 0.917. The summed E-state index contributed by atoms with van der Waals surface area (Å²) in [4.78, 5) is 6.36. The maximum Gasteiger partial charge on any atom is 0.144 e. The van der Waals surface area contributed by atoms with Crippen molar-refractivity contribution in [3.8, 4) is 11.4 Å². The number of aryl methyl sites for hydroxylation is 2. The van der Waals surface area contributed by atoms with Crippen molar-refractivity contribution < 1.29 is 0 Å². The molecule has 2 aromatic heterocycles.